The molecule has 2 aromatic heterocycles. The van der Waals surface area contributed by atoms with Crippen molar-refractivity contribution in [2.75, 3.05) is 0 Å². The highest BCUT2D eigenvalue weighted by molar-refractivity contribution is 9.11. The SMILES string of the molecule is Cc1ccc(Br)cc1C(=O)Cl.Cc1ccc(Br)cc1C(=O)O.Cc1ccc(Br)cc1C(=O)c1ccc(-c2ccc(F)cc2)s1.Fc1ccc(-c2cccs2)cc1.[Cl][Al]([Cl])[Cl]. The number of aromatic carboxylic acids is 1. The van der Waals surface area contributed by atoms with E-state index in [1.54, 1.807) is 60.7 Å². The molecule has 0 saturated carbocycles. The Bertz CT molecular complexity index is 2440. The molecule has 0 atom stereocenters. The van der Waals surface area contributed by atoms with Crippen molar-refractivity contribution in [3.63, 3.8) is 0 Å². The third kappa shape index (κ3) is 17.6. The Balaban J connectivity index is 0.000000218. The maximum absolute atomic E-state index is 13.0. The first-order valence-corrected chi connectivity index (χ1v) is 26.9. The van der Waals surface area contributed by atoms with E-state index in [0.29, 0.717) is 21.6 Å². The maximum Gasteiger partial charge on any atom is 0.643 e. The van der Waals surface area contributed by atoms with E-state index in [9.17, 15) is 23.2 Å². The van der Waals surface area contributed by atoms with Gasteiger partial charge < -0.3 is 5.11 Å². The van der Waals surface area contributed by atoms with Crippen LogP contribution < -0.4 is 0 Å². The third-order valence-corrected chi connectivity index (χ3v) is 11.6. The van der Waals surface area contributed by atoms with Gasteiger partial charge in [0.05, 0.1) is 10.4 Å². The number of halogens is 9. The minimum absolute atomic E-state index is 0.0113. The van der Waals surface area contributed by atoms with Crippen molar-refractivity contribution in [2.45, 2.75) is 20.8 Å². The minimum Gasteiger partial charge on any atom is -0.478 e. The Morgan fingerprint density at radius 1 is 0.583 bits per heavy atom. The number of thiophene rings is 2. The molecule has 0 amide bonds. The lowest BCUT2D eigenvalue weighted by Gasteiger charge is -2.04. The first kappa shape index (κ1) is 51.7. The number of hydrogen-bond donors (Lipinski definition) is 1. The number of carboxylic acid groups (broad SMARTS) is 1. The average Bonchev–Trinajstić information content (AvgIpc) is 3.93. The molecule has 0 spiro atoms. The number of carbonyl (C=O) groups excluding carboxylic acids is 2. The topological polar surface area (TPSA) is 71.4 Å². The second-order valence-electron chi connectivity index (χ2n) is 12.2. The highest BCUT2D eigenvalue weighted by Crippen LogP contribution is 2.31. The van der Waals surface area contributed by atoms with Gasteiger partial charge in [-0.15, -0.1) is 22.7 Å². The van der Waals surface area contributed by atoms with Crippen LogP contribution in [0.5, 0.6) is 0 Å². The van der Waals surface area contributed by atoms with E-state index in [2.05, 4.69) is 47.8 Å². The molecule has 2 heterocycles. The predicted molar refractivity (Wildman–Crippen MR) is 260 cm³/mol. The first-order chi connectivity index (χ1) is 28.4. The second kappa shape index (κ2) is 26.1. The van der Waals surface area contributed by atoms with Crippen molar-refractivity contribution in [3.05, 3.63) is 196 Å². The van der Waals surface area contributed by atoms with Crippen molar-refractivity contribution in [1.82, 2.24) is 0 Å². The molecule has 4 nitrogen and oxygen atoms in total. The van der Waals surface area contributed by atoms with Gasteiger partial charge in [-0.25, -0.2) is 43.7 Å². The van der Waals surface area contributed by atoms with E-state index in [4.69, 9.17) is 46.9 Å². The number of benzene rings is 5. The average molecular weight is 1140 g/mol. The Morgan fingerprint density at radius 3 is 1.40 bits per heavy atom. The first-order valence-electron chi connectivity index (χ1n) is 17.2. The summed E-state index contributed by atoms with van der Waals surface area (Å²) in [7, 11) is 14.8. The van der Waals surface area contributed by atoms with Crippen molar-refractivity contribution in [3.8, 4) is 20.9 Å². The Hall–Kier alpha value is -2.70. The minimum atomic E-state index is -1.72. The van der Waals surface area contributed by atoms with Crippen molar-refractivity contribution in [2.24, 2.45) is 0 Å². The number of ketones is 1. The molecule has 16 heteroatoms. The fourth-order valence-corrected chi connectivity index (χ4v) is 7.87. The van der Waals surface area contributed by atoms with Crippen LogP contribution in [0.4, 0.5) is 8.78 Å². The normalized spacial score (nSPS) is 9.93. The van der Waals surface area contributed by atoms with Gasteiger partial charge in [0.15, 0.2) is 0 Å². The molecule has 0 aliphatic heterocycles. The predicted octanol–water partition coefficient (Wildman–Crippen LogP) is 16.7. The van der Waals surface area contributed by atoms with Crippen molar-refractivity contribution < 1.29 is 28.3 Å². The lowest BCUT2D eigenvalue weighted by molar-refractivity contribution is 0.0695. The van der Waals surface area contributed by atoms with Crippen molar-refractivity contribution >= 4 is 141 Å². The van der Waals surface area contributed by atoms with E-state index >= 15 is 0 Å². The molecule has 7 aromatic rings. The van der Waals surface area contributed by atoms with Crippen LogP contribution in [0.25, 0.3) is 20.9 Å². The lowest BCUT2D eigenvalue weighted by Crippen LogP contribution is -2.01. The Labute approximate surface area is 402 Å². The van der Waals surface area contributed by atoms with Gasteiger partial charge in [0.2, 0.25) is 5.78 Å². The summed E-state index contributed by atoms with van der Waals surface area (Å²) in [6.45, 7) is 5.55. The van der Waals surface area contributed by atoms with Gasteiger partial charge in [-0.05, 0) is 144 Å². The van der Waals surface area contributed by atoms with Gasteiger partial charge in [0.1, 0.15) is 11.6 Å². The molecule has 0 aliphatic carbocycles. The summed E-state index contributed by atoms with van der Waals surface area (Å²) in [6.07, 6.45) is 0. The van der Waals surface area contributed by atoms with E-state index in [0.717, 1.165) is 46.1 Å². The summed E-state index contributed by atoms with van der Waals surface area (Å²) >= 11 is 16.5. The summed E-state index contributed by atoms with van der Waals surface area (Å²) in [4.78, 5) is 36.8. The van der Waals surface area contributed by atoms with E-state index in [-0.39, 0.29) is 17.4 Å². The summed E-state index contributed by atoms with van der Waals surface area (Å²) in [5.41, 5.74) is 6.21. The largest absolute Gasteiger partial charge is 0.643 e. The van der Waals surface area contributed by atoms with Gasteiger partial charge >= 0.3 is 17.4 Å². The van der Waals surface area contributed by atoms with E-state index < -0.39 is 22.6 Å². The highest BCUT2D eigenvalue weighted by Gasteiger charge is 2.15. The standard InChI is InChI=1S/C18H12BrFOS.C10H7FS.C8H6BrClO.C8H7BrO2.Al.3ClH/c1-11-2-5-13(19)10-15(11)18(21)17-9-8-16(22-17)12-3-6-14(20)7-4-12;11-9-5-3-8(4-6-9)10-2-1-7-12-10;2*1-5-2-3-6(9)4-7(5)8(10)11;;;;/h2-10H,1H3;1-7H;2-4H,1H3;2-4H,1H3,(H,10,11);;3*1H/q;;;;+3;;;/p-3. The highest BCUT2D eigenvalue weighted by atomic mass is 79.9. The van der Waals surface area contributed by atoms with Crippen LogP contribution in [0.15, 0.2) is 146 Å². The number of hydrogen-bond acceptors (Lipinski definition) is 5. The molecule has 5 aromatic carbocycles. The van der Waals surface area contributed by atoms with E-state index in [1.165, 1.54) is 40.5 Å². The molecule has 0 aliphatic rings. The number of aryl methyl sites for hydroxylation is 3. The van der Waals surface area contributed by atoms with E-state index in [1.807, 2.05) is 79.9 Å². The molecule has 0 saturated heterocycles. The van der Waals surface area contributed by atoms with Crippen LogP contribution >= 0.6 is 112 Å². The zero-order chi connectivity index (χ0) is 44.5. The molecule has 0 radical (unpaired) electrons. The fraction of sp³-hybridized carbons (Fsp3) is 0.0682. The molecule has 0 unspecified atom stereocenters. The van der Waals surface area contributed by atoms with Gasteiger partial charge in [0.25, 0.3) is 5.24 Å². The molecular weight excluding hydrogens is 1100 g/mol. The second-order valence-corrected chi connectivity index (χ2v) is 23.7. The monoisotopic (exact) mass is 1130 g/mol. The van der Waals surface area contributed by atoms with Crippen LogP contribution in [0.1, 0.15) is 52.6 Å². The number of carbonyl (C=O) groups is 3. The van der Waals surface area contributed by atoms with Crippen LogP contribution in [0, 0.1) is 32.4 Å². The van der Waals surface area contributed by atoms with Crippen LogP contribution in [0.3, 0.4) is 0 Å². The Morgan fingerprint density at radius 2 is 1.00 bits per heavy atom. The van der Waals surface area contributed by atoms with Crippen LogP contribution in [-0.2, 0) is 0 Å². The quantitative estimate of drug-likeness (QED) is 0.102. The molecule has 310 valence electrons. The summed E-state index contributed by atoms with van der Waals surface area (Å²) < 4.78 is 28.1. The molecule has 0 bridgehead atoms. The zero-order valence-corrected chi connectivity index (χ0v) is 42.2. The Kier molecular flexibility index (Phi) is 22.4. The summed E-state index contributed by atoms with van der Waals surface area (Å²) in [5, 5.41) is 10.3. The maximum atomic E-state index is 13.0. The molecule has 60 heavy (non-hydrogen) atoms. The van der Waals surface area contributed by atoms with Gasteiger partial charge in [0, 0.05) is 34.3 Å². The van der Waals surface area contributed by atoms with Gasteiger partial charge in [-0.2, -0.15) is 0 Å². The molecule has 0 fully saturated rings. The number of rotatable bonds is 6. The smallest absolute Gasteiger partial charge is 0.478 e. The zero-order valence-electron chi connectivity index (χ0n) is 31.7. The lowest BCUT2D eigenvalue weighted by atomic mass is 10.0. The van der Waals surface area contributed by atoms with Crippen LogP contribution in [0.2, 0.25) is 0 Å². The van der Waals surface area contributed by atoms with Gasteiger partial charge in [-0.1, -0.05) is 96.3 Å². The third-order valence-electron chi connectivity index (χ3n) is 7.89. The van der Waals surface area contributed by atoms with Crippen LogP contribution in [-0.4, -0.2) is 33.5 Å². The summed E-state index contributed by atoms with van der Waals surface area (Å²) in [6, 6.07) is 36.9. The summed E-state index contributed by atoms with van der Waals surface area (Å²) in [5.74, 6) is -1.32. The molecule has 1 N–H and O–H groups in total. The molecule has 7 rings (SSSR count). The molecular formula is C44H32AlBr3Cl4F2O4S2. The fourth-order valence-electron chi connectivity index (χ4n) is 4.89. The van der Waals surface area contributed by atoms with Gasteiger partial charge in [-0.3, -0.25) is 9.59 Å². The van der Waals surface area contributed by atoms with Crippen molar-refractivity contribution in [1.29, 1.82) is 0 Å². The number of carboxylic acids is 1.